The fourth-order valence-corrected chi connectivity index (χ4v) is 2.69. The lowest BCUT2D eigenvalue weighted by atomic mass is 10.0. The minimum absolute atomic E-state index is 0.0641. The first-order chi connectivity index (χ1) is 8.43. The highest BCUT2D eigenvalue weighted by Crippen LogP contribution is 2.27. The quantitative estimate of drug-likeness (QED) is 0.865. The molecule has 0 aliphatic carbocycles. The second-order valence-electron chi connectivity index (χ2n) is 4.73. The number of carboxylic acids is 1. The van der Waals surface area contributed by atoms with Crippen molar-refractivity contribution in [1.29, 1.82) is 0 Å². The summed E-state index contributed by atoms with van der Waals surface area (Å²) in [5.41, 5.74) is 1.08. The minimum Gasteiger partial charge on any atom is -0.478 e. The number of pyridine rings is 1. The molecule has 0 radical (unpaired) electrons. The number of aromatic nitrogens is 1. The van der Waals surface area contributed by atoms with Crippen molar-refractivity contribution in [2.75, 3.05) is 6.61 Å². The van der Waals surface area contributed by atoms with Crippen molar-refractivity contribution in [3.63, 3.8) is 0 Å². The number of aryl methyl sites for hydroxylation is 1. The standard InChI is InChI=1S/C13H17NO4/c1-7-6-11(15)14(8(2)12(7)13(16)17)10-4-5-18-9(10)3/h6,9-10H,4-5H2,1-3H3,(H,16,17). The number of ether oxygens (including phenoxy) is 1. The van der Waals surface area contributed by atoms with E-state index in [1.165, 1.54) is 6.07 Å². The molecule has 1 aromatic rings. The summed E-state index contributed by atoms with van der Waals surface area (Å²) in [6, 6.07) is 1.32. The summed E-state index contributed by atoms with van der Waals surface area (Å²) < 4.78 is 7.02. The summed E-state index contributed by atoms with van der Waals surface area (Å²) in [6.45, 7) is 5.84. The number of nitrogens with zero attached hydrogens (tertiary/aromatic N) is 1. The monoisotopic (exact) mass is 251 g/mol. The summed E-state index contributed by atoms with van der Waals surface area (Å²) >= 11 is 0. The van der Waals surface area contributed by atoms with E-state index < -0.39 is 5.97 Å². The summed E-state index contributed by atoms with van der Waals surface area (Å²) in [7, 11) is 0. The highest BCUT2D eigenvalue weighted by molar-refractivity contribution is 5.90. The van der Waals surface area contributed by atoms with Gasteiger partial charge in [0.05, 0.1) is 17.7 Å². The fraction of sp³-hybridized carbons (Fsp3) is 0.538. The molecule has 1 aromatic heterocycles. The van der Waals surface area contributed by atoms with Gasteiger partial charge in [0, 0.05) is 18.4 Å². The third-order valence-corrected chi connectivity index (χ3v) is 3.58. The van der Waals surface area contributed by atoms with Crippen molar-refractivity contribution in [3.8, 4) is 0 Å². The van der Waals surface area contributed by atoms with E-state index in [1.807, 2.05) is 6.92 Å². The van der Waals surface area contributed by atoms with Gasteiger partial charge in [0.2, 0.25) is 0 Å². The van der Waals surface area contributed by atoms with Crippen molar-refractivity contribution in [2.24, 2.45) is 0 Å². The largest absolute Gasteiger partial charge is 0.478 e. The molecule has 18 heavy (non-hydrogen) atoms. The van der Waals surface area contributed by atoms with E-state index in [4.69, 9.17) is 4.74 Å². The minimum atomic E-state index is -0.995. The van der Waals surface area contributed by atoms with Crippen LogP contribution in [0.4, 0.5) is 0 Å². The van der Waals surface area contributed by atoms with Gasteiger partial charge in [0.1, 0.15) is 0 Å². The summed E-state index contributed by atoms with van der Waals surface area (Å²) in [5, 5.41) is 9.22. The van der Waals surface area contributed by atoms with Gasteiger partial charge in [-0.2, -0.15) is 0 Å². The molecule has 2 heterocycles. The van der Waals surface area contributed by atoms with E-state index in [-0.39, 0.29) is 23.3 Å². The van der Waals surface area contributed by atoms with E-state index in [9.17, 15) is 14.7 Å². The maximum Gasteiger partial charge on any atom is 0.337 e. The molecule has 2 rings (SSSR count). The fourth-order valence-electron chi connectivity index (χ4n) is 2.69. The van der Waals surface area contributed by atoms with Gasteiger partial charge in [-0.05, 0) is 32.8 Å². The molecule has 0 amide bonds. The number of carbonyl (C=O) groups is 1. The topological polar surface area (TPSA) is 68.5 Å². The Kier molecular flexibility index (Phi) is 3.26. The van der Waals surface area contributed by atoms with Gasteiger partial charge in [-0.25, -0.2) is 4.79 Å². The molecule has 1 fully saturated rings. The first kappa shape index (κ1) is 12.8. The normalized spacial score (nSPS) is 23.3. The lowest BCUT2D eigenvalue weighted by Crippen LogP contribution is -2.32. The lowest BCUT2D eigenvalue weighted by Gasteiger charge is -2.22. The van der Waals surface area contributed by atoms with Crippen molar-refractivity contribution in [1.82, 2.24) is 4.57 Å². The van der Waals surface area contributed by atoms with Crippen LogP contribution < -0.4 is 5.56 Å². The molecule has 5 nitrogen and oxygen atoms in total. The second kappa shape index (κ2) is 4.57. The molecule has 0 aromatic carbocycles. The van der Waals surface area contributed by atoms with E-state index in [1.54, 1.807) is 18.4 Å². The van der Waals surface area contributed by atoms with Crippen LogP contribution in [0.3, 0.4) is 0 Å². The third-order valence-electron chi connectivity index (χ3n) is 3.58. The molecule has 1 aliphatic heterocycles. The molecular weight excluding hydrogens is 234 g/mol. The zero-order chi connectivity index (χ0) is 13.4. The number of hydrogen-bond acceptors (Lipinski definition) is 3. The second-order valence-corrected chi connectivity index (χ2v) is 4.73. The number of aromatic carboxylic acids is 1. The molecule has 0 bridgehead atoms. The van der Waals surface area contributed by atoms with Crippen LogP contribution in [0, 0.1) is 13.8 Å². The first-order valence-electron chi connectivity index (χ1n) is 6.01. The van der Waals surface area contributed by atoms with E-state index >= 15 is 0 Å². The lowest BCUT2D eigenvalue weighted by molar-refractivity contribution is 0.0692. The van der Waals surface area contributed by atoms with Crippen molar-refractivity contribution in [2.45, 2.75) is 39.3 Å². The molecule has 0 saturated carbocycles. The van der Waals surface area contributed by atoms with Crippen LogP contribution in [0.5, 0.6) is 0 Å². The van der Waals surface area contributed by atoms with Crippen LogP contribution in [-0.2, 0) is 4.74 Å². The van der Waals surface area contributed by atoms with Crippen molar-refractivity contribution >= 4 is 5.97 Å². The van der Waals surface area contributed by atoms with Crippen molar-refractivity contribution in [3.05, 3.63) is 33.2 Å². The summed E-state index contributed by atoms with van der Waals surface area (Å²) in [6.07, 6.45) is 0.676. The Morgan fingerprint density at radius 3 is 2.67 bits per heavy atom. The maximum atomic E-state index is 12.1. The SMILES string of the molecule is Cc1cc(=O)n(C2CCOC2C)c(C)c1C(=O)O. The molecule has 5 heteroatoms. The average Bonchev–Trinajstić information content (AvgIpc) is 2.63. The number of carboxylic acid groups (broad SMARTS) is 1. The Bertz CT molecular complexity index is 547. The Hall–Kier alpha value is -1.62. The molecular formula is C13H17NO4. The van der Waals surface area contributed by atoms with Crippen LogP contribution >= 0.6 is 0 Å². The van der Waals surface area contributed by atoms with E-state index in [0.29, 0.717) is 17.9 Å². The zero-order valence-corrected chi connectivity index (χ0v) is 10.8. The summed E-state index contributed by atoms with van der Waals surface area (Å²) in [5.74, 6) is -0.995. The molecule has 1 saturated heterocycles. The van der Waals surface area contributed by atoms with Crippen molar-refractivity contribution < 1.29 is 14.6 Å². The first-order valence-corrected chi connectivity index (χ1v) is 6.01. The Morgan fingerprint density at radius 1 is 1.50 bits per heavy atom. The Morgan fingerprint density at radius 2 is 2.17 bits per heavy atom. The van der Waals surface area contributed by atoms with Gasteiger partial charge in [0.15, 0.2) is 0 Å². The number of rotatable bonds is 2. The smallest absolute Gasteiger partial charge is 0.337 e. The Balaban J connectivity index is 2.64. The molecule has 2 unspecified atom stereocenters. The summed E-state index contributed by atoms with van der Waals surface area (Å²) in [4.78, 5) is 23.3. The van der Waals surface area contributed by atoms with Gasteiger partial charge in [0.25, 0.3) is 5.56 Å². The molecule has 1 N–H and O–H groups in total. The van der Waals surface area contributed by atoms with Crippen LogP contribution in [0.25, 0.3) is 0 Å². The van der Waals surface area contributed by atoms with Crippen LogP contribution in [-0.4, -0.2) is 28.4 Å². The van der Waals surface area contributed by atoms with Gasteiger partial charge in [-0.15, -0.1) is 0 Å². The maximum absolute atomic E-state index is 12.1. The zero-order valence-electron chi connectivity index (χ0n) is 10.8. The van der Waals surface area contributed by atoms with Crippen LogP contribution in [0.15, 0.2) is 10.9 Å². The van der Waals surface area contributed by atoms with Crippen LogP contribution in [0.2, 0.25) is 0 Å². The predicted octanol–water partition coefficient (Wildman–Crippen LogP) is 1.51. The van der Waals surface area contributed by atoms with Gasteiger partial charge < -0.3 is 14.4 Å². The van der Waals surface area contributed by atoms with E-state index in [0.717, 1.165) is 6.42 Å². The predicted molar refractivity (Wildman–Crippen MR) is 66.2 cm³/mol. The highest BCUT2D eigenvalue weighted by Gasteiger charge is 2.29. The molecule has 2 atom stereocenters. The van der Waals surface area contributed by atoms with Gasteiger partial charge in [-0.1, -0.05) is 0 Å². The molecule has 0 spiro atoms. The third kappa shape index (κ3) is 1.95. The van der Waals surface area contributed by atoms with Gasteiger partial charge in [-0.3, -0.25) is 4.79 Å². The Labute approximate surface area is 105 Å². The molecule has 1 aliphatic rings. The van der Waals surface area contributed by atoms with E-state index in [2.05, 4.69) is 0 Å². The van der Waals surface area contributed by atoms with Gasteiger partial charge >= 0.3 is 5.97 Å². The average molecular weight is 251 g/mol. The number of hydrogen-bond donors (Lipinski definition) is 1. The molecule has 98 valence electrons. The van der Waals surface area contributed by atoms with Crippen LogP contribution in [0.1, 0.15) is 41.0 Å². The highest BCUT2D eigenvalue weighted by atomic mass is 16.5.